The summed E-state index contributed by atoms with van der Waals surface area (Å²) in [6.45, 7) is 3.59. The first-order valence-corrected chi connectivity index (χ1v) is 11.5. The van der Waals surface area contributed by atoms with Gasteiger partial charge < -0.3 is 30.1 Å². The molecule has 1 aliphatic heterocycles. The normalized spacial score (nSPS) is 27.1. The molecule has 172 valence electrons. The molecule has 1 saturated heterocycles. The minimum atomic E-state index is -1.27. The van der Waals surface area contributed by atoms with Crippen LogP contribution in [-0.2, 0) is 14.3 Å². The number of unbranched alkanes of at least 4 members (excludes halogenated alkanes) is 11. The van der Waals surface area contributed by atoms with Gasteiger partial charge in [-0.1, -0.05) is 77.6 Å². The van der Waals surface area contributed by atoms with E-state index in [2.05, 4.69) is 12.2 Å². The van der Waals surface area contributed by atoms with E-state index < -0.39 is 37.3 Å². The number of hydrogen-bond donors (Lipinski definition) is 4. The van der Waals surface area contributed by atoms with Crippen LogP contribution >= 0.6 is 0 Å². The van der Waals surface area contributed by atoms with Gasteiger partial charge >= 0.3 is 0 Å². The molecule has 0 spiro atoms. The van der Waals surface area contributed by atoms with E-state index in [4.69, 9.17) is 9.47 Å². The molecule has 1 amide bonds. The van der Waals surface area contributed by atoms with Crippen LogP contribution in [0.5, 0.6) is 0 Å². The van der Waals surface area contributed by atoms with Crippen molar-refractivity contribution in [2.24, 2.45) is 0 Å². The summed E-state index contributed by atoms with van der Waals surface area (Å²) in [5, 5.41) is 32.1. The minimum Gasteiger partial charge on any atom is -0.394 e. The molecule has 5 unspecified atom stereocenters. The van der Waals surface area contributed by atoms with E-state index in [0.29, 0.717) is 6.61 Å². The van der Waals surface area contributed by atoms with Crippen LogP contribution in [0, 0.1) is 0 Å². The van der Waals surface area contributed by atoms with Crippen molar-refractivity contribution in [3.05, 3.63) is 0 Å². The Morgan fingerprint density at radius 1 is 0.897 bits per heavy atom. The molecule has 29 heavy (non-hydrogen) atoms. The topological polar surface area (TPSA) is 108 Å². The highest BCUT2D eigenvalue weighted by Gasteiger charge is 2.45. The molecule has 0 radical (unpaired) electrons. The summed E-state index contributed by atoms with van der Waals surface area (Å²) in [5.74, 6) is -0.341. The molecule has 1 aliphatic rings. The first kappa shape index (κ1) is 26.3. The van der Waals surface area contributed by atoms with Crippen molar-refractivity contribution >= 4 is 5.91 Å². The maximum Gasteiger partial charge on any atom is 0.217 e. The zero-order valence-corrected chi connectivity index (χ0v) is 18.4. The van der Waals surface area contributed by atoms with E-state index in [1.54, 1.807) is 0 Å². The average molecular weight is 418 g/mol. The minimum absolute atomic E-state index is 0.341. The third kappa shape index (κ3) is 10.7. The largest absolute Gasteiger partial charge is 0.394 e. The van der Waals surface area contributed by atoms with Crippen LogP contribution < -0.4 is 5.32 Å². The van der Waals surface area contributed by atoms with Crippen LogP contribution in [-0.4, -0.2) is 65.1 Å². The lowest BCUT2D eigenvalue weighted by Gasteiger charge is -2.42. The summed E-state index contributed by atoms with van der Waals surface area (Å²) in [6.07, 6.45) is 10.7. The van der Waals surface area contributed by atoms with Gasteiger partial charge in [-0.3, -0.25) is 4.79 Å². The Hall–Kier alpha value is -0.730. The molecule has 1 heterocycles. The summed E-state index contributed by atoms with van der Waals surface area (Å²) in [6, 6.07) is -0.859. The number of nitrogens with one attached hydrogen (secondary N) is 1. The maximum absolute atomic E-state index is 11.4. The maximum atomic E-state index is 11.4. The van der Waals surface area contributed by atoms with Gasteiger partial charge in [0.2, 0.25) is 5.91 Å². The summed E-state index contributed by atoms with van der Waals surface area (Å²) in [7, 11) is 0. The van der Waals surface area contributed by atoms with E-state index in [-0.39, 0.29) is 5.91 Å². The van der Waals surface area contributed by atoms with Crippen LogP contribution in [0.25, 0.3) is 0 Å². The standard InChI is InChI=1S/C22H43NO6/c1-3-4-5-6-7-8-9-10-11-12-13-14-15-28-22-19(23-17(2)25)21(27)20(26)18(16-24)29-22/h18-22,24,26-27H,3-16H2,1-2H3,(H,23,25). The zero-order valence-electron chi connectivity index (χ0n) is 18.4. The van der Waals surface area contributed by atoms with Gasteiger partial charge in [0.15, 0.2) is 6.29 Å². The average Bonchev–Trinajstić information content (AvgIpc) is 2.70. The highest BCUT2D eigenvalue weighted by Crippen LogP contribution is 2.22. The molecule has 7 nitrogen and oxygen atoms in total. The van der Waals surface area contributed by atoms with Crippen molar-refractivity contribution in [1.82, 2.24) is 5.32 Å². The monoisotopic (exact) mass is 417 g/mol. The second-order valence-electron chi connectivity index (χ2n) is 8.19. The third-order valence-electron chi connectivity index (χ3n) is 5.53. The van der Waals surface area contributed by atoms with Gasteiger partial charge in [-0.25, -0.2) is 0 Å². The predicted octanol–water partition coefficient (Wildman–Crippen LogP) is 2.65. The zero-order chi connectivity index (χ0) is 21.5. The second kappa shape index (κ2) is 16.0. The molecule has 0 bridgehead atoms. The fourth-order valence-corrected chi connectivity index (χ4v) is 3.76. The third-order valence-corrected chi connectivity index (χ3v) is 5.53. The van der Waals surface area contributed by atoms with E-state index >= 15 is 0 Å². The fraction of sp³-hybridized carbons (Fsp3) is 0.955. The number of carbonyl (C=O) groups is 1. The first-order chi connectivity index (χ1) is 14.0. The van der Waals surface area contributed by atoms with Gasteiger partial charge in [0.25, 0.3) is 0 Å². The van der Waals surface area contributed by atoms with E-state index in [1.807, 2.05) is 0 Å². The first-order valence-electron chi connectivity index (χ1n) is 11.5. The summed E-state index contributed by atoms with van der Waals surface area (Å²) >= 11 is 0. The summed E-state index contributed by atoms with van der Waals surface area (Å²) in [4.78, 5) is 11.4. The number of aliphatic hydroxyl groups excluding tert-OH is 3. The molecule has 1 rings (SSSR count). The predicted molar refractivity (Wildman–Crippen MR) is 112 cm³/mol. The highest BCUT2D eigenvalue weighted by molar-refractivity contribution is 5.73. The van der Waals surface area contributed by atoms with Gasteiger partial charge in [0.1, 0.15) is 24.4 Å². The lowest BCUT2D eigenvalue weighted by molar-refractivity contribution is -0.270. The van der Waals surface area contributed by atoms with E-state index in [9.17, 15) is 20.1 Å². The Bertz CT molecular complexity index is 422. The van der Waals surface area contributed by atoms with Crippen molar-refractivity contribution < 1.29 is 29.6 Å². The van der Waals surface area contributed by atoms with Crippen molar-refractivity contribution in [2.45, 2.75) is 122 Å². The van der Waals surface area contributed by atoms with Gasteiger partial charge in [-0.05, 0) is 6.42 Å². The van der Waals surface area contributed by atoms with Crippen molar-refractivity contribution in [3.63, 3.8) is 0 Å². The van der Waals surface area contributed by atoms with Gasteiger partial charge in [0, 0.05) is 13.5 Å². The molecule has 5 atom stereocenters. The Morgan fingerprint density at radius 2 is 1.41 bits per heavy atom. The van der Waals surface area contributed by atoms with Gasteiger partial charge in [-0.15, -0.1) is 0 Å². The molecule has 0 aliphatic carbocycles. The number of amides is 1. The number of aliphatic hydroxyl groups is 3. The van der Waals surface area contributed by atoms with Crippen molar-refractivity contribution in [2.75, 3.05) is 13.2 Å². The van der Waals surface area contributed by atoms with E-state index in [0.717, 1.165) is 12.8 Å². The molecule has 0 aromatic carbocycles. The Balaban J connectivity index is 2.14. The van der Waals surface area contributed by atoms with Crippen LogP contribution in [0.15, 0.2) is 0 Å². The molecule has 0 saturated carbocycles. The van der Waals surface area contributed by atoms with Crippen LogP contribution in [0.2, 0.25) is 0 Å². The summed E-state index contributed by atoms with van der Waals surface area (Å²) < 4.78 is 11.3. The quantitative estimate of drug-likeness (QED) is 0.288. The molecular formula is C22H43NO6. The van der Waals surface area contributed by atoms with Crippen molar-refractivity contribution in [3.8, 4) is 0 Å². The number of carbonyl (C=O) groups excluding carboxylic acids is 1. The SMILES string of the molecule is CCCCCCCCCCCCCCOC1OC(CO)C(O)C(O)C1NC(C)=O. The Kier molecular flexibility index (Phi) is 14.5. The Morgan fingerprint density at radius 3 is 1.90 bits per heavy atom. The lowest BCUT2D eigenvalue weighted by Crippen LogP contribution is -2.64. The smallest absolute Gasteiger partial charge is 0.217 e. The molecule has 0 aromatic rings. The summed E-state index contributed by atoms with van der Waals surface area (Å²) in [5.41, 5.74) is 0. The molecular weight excluding hydrogens is 374 g/mol. The van der Waals surface area contributed by atoms with Crippen LogP contribution in [0.1, 0.15) is 90.9 Å². The van der Waals surface area contributed by atoms with Crippen molar-refractivity contribution in [1.29, 1.82) is 0 Å². The highest BCUT2D eigenvalue weighted by atomic mass is 16.7. The van der Waals surface area contributed by atoms with Gasteiger partial charge in [-0.2, -0.15) is 0 Å². The second-order valence-corrected chi connectivity index (χ2v) is 8.19. The lowest BCUT2D eigenvalue weighted by atomic mass is 9.97. The molecule has 1 fully saturated rings. The number of rotatable bonds is 16. The van der Waals surface area contributed by atoms with Crippen LogP contribution in [0.4, 0.5) is 0 Å². The fourth-order valence-electron chi connectivity index (χ4n) is 3.76. The molecule has 4 N–H and O–H groups in total. The molecule has 7 heteroatoms. The number of hydrogen-bond acceptors (Lipinski definition) is 6. The van der Waals surface area contributed by atoms with Gasteiger partial charge in [0.05, 0.1) is 6.61 Å². The number of ether oxygens (including phenoxy) is 2. The Labute approximate surface area is 176 Å². The van der Waals surface area contributed by atoms with Crippen LogP contribution in [0.3, 0.4) is 0 Å². The van der Waals surface area contributed by atoms with E-state index in [1.165, 1.54) is 71.1 Å². The molecule has 0 aromatic heterocycles.